The Balaban J connectivity index is 0.00000242. The molecule has 7 heteroatoms. The smallest absolute Gasteiger partial charge is 0.239 e. The number of carbonyl (C=O) groups excluding carboxylic acids is 2. The molecule has 1 heterocycles. The van der Waals surface area contributed by atoms with Gasteiger partial charge < -0.3 is 20.9 Å². The molecule has 0 saturated heterocycles. The van der Waals surface area contributed by atoms with E-state index in [1.165, 1.54) is 0 Å². The molecule has 6 nitrogen and oxygen atoms in total. The normalized spacial score (nSPS) is 10.1. The molecule has 1 aromatic heterocycles. The number of anilines is 1. The molecule has 2 amide bonds. The van der Waals surface area contributed by atoms with E-state index in [1.54, 1.807) is 7.05 Å². The van der Waals surface area contributed by atoms with Crippen molar-refractivity contribution in [1.29, 1.82) is 0 Å². The number of hydrogen-bond donors (Lipinski definition) is 3. The van der Waals surface area contributed by atoms with Gasteiger partial charge in [-0.1, -0.05) is 6.07 Å². The first kappa shape index (κ1) is 18.0. The Morgan fingerprint density at radius 1 is 1.23 bits per heavy atom. The van der Waals surface area contributed by atoms with Gasteiger partial charge in [0.1, 0.15) is 6.54 Å². The average Bonchev–Trinajstić information content (AvgIpc) is 2.87. The van der Waals surface area contributed by atoms with Crippen molar-refractivity contribution in [3.63, 3.8) is 0 Å². The molecule has 0 atom stereocenters. The van der Waals surface area contributed by atoms with E-state index in [0.717, 1.165) is 16.6 Å². The standard InChI is InChI=1S/C15H20N4O2.ClH/c1-17-15(21)10-19-8-6-11-4-5-12(9-13(11)19)18-14(20)3-2-7-16;/h4-6,8-9H,2-3,7,10,16H2,1H3,(H,17,21)(H,18,20);1H. The highest BCUT2D eigenvalue weighted by molar-refractivity contribution is 5.94. The summed E-state index contributed by atoms with van der Waals surface area (Å²) in [4.78, 5) is 23.2. The number of nitrogens with zero attached hydrogens (tertiary/aromatic N) is 1. The predicted octanol–water partition coefficient (Wildman–Crippen LogP) is 1.49. The van der Waals surface area contributed by atoms with Gasteiger partial charge >= 0.3 is 0 Å². The van der Waals surface area contributed by atoms with Crippen molar-refractivity contribution in [3.05, 3.63) is 30.5 Å². The second-order valence-corrected chi connectivity index (χ2v) is 4.83. The minimum absolute atomic E-state index is 0. The van der Waals surface area contributed by atoms with Gasteiger partial charge in [0.05, 0.1) is 5.52 Å². The van der Waals surface area contributed by atoms with Crippen LogP contribution in [0.3, 0.4) is 0 Å². The molecule has 0 aliphatic carbocycles. The Labute approximate surface area is 135 Å². The molecule has 0 bridgehead atoms. The fraction of sp³-hybridized carbons (Fsp3) is 0.333. The maximum atomic E-state index is 11.7. The molecule has 0 spiro atoms. The molecule has 0 radical (unpaired) electrons. The van der Waals surface area contributed by atoms with Gasteiger partial charge in [0.2, 0.25) is 11.8 Å². The van der Waals surface area contributed by atoms with Gasteiger partial charge in [-0.2, -0.15) is 0 Å². The van der Waals surface area contributed by atoms with Crippen LogP contribution in [0.25, 0.3) is 10.9 Å². The van der Waals surface area contributed by atoms with E-state index in [4.69, 9.17) is 5.73 Å². The molecule has 0 aliphatic rings. The van der Waals surface area contributed by atoms with E-state index < -0.39 is 0 Å². The Kier molecular flexibility index (Phi) is 6.88. The van der Waals surface area contributed by atoms with Gasteiger partial charge in [0.15, 0.2) is 0 Å². The fourth-order valence-corrected chi connectivity index (χ4v) is 2.12. The van der Waals surface area contributed by atoms with Gasteiger partial charge in [-0.25, -0.2) is 0 Å². The summed E-state index contributed by atoms with van der Waals surface area (Å²) in [6, 6.07) is 7.60. The number of hydrogen-bond acceptors (Lipinski definition) is 3. The molecule has 4 N–H and O–H groups in total. The van der Waals surface area contributed by atoms with Gasteiger partial charge in [0, 0.05) is 25.4 Å². The fourth-order valence-electron chi connectivity index (χ4n) is 2.12. The van der Waals surface area contributed by atoms with Crippen LogP contribution in [0.1, 0.15) is 12.8 Å². The van der Waals surface area contributed by atoms with Crippen LogP contribution in [-0.2, 0) is 16.1 Å². The van der Waals surface area contributed by atoms with Crippen molar-refractivity contribution < 1.29 is 9.59 Å². The summed E-state index contributed by atoms with van der Waals surface area (Å²) >= 11 is 0. The van der Waals surface area contributed by atoms with Crippen molar-refractivity contribution in [2.75, 3.05) is 18.9 Å². The summed E-state index contributed by atoms with van der Waals surface area (Å²) in [5, 5.41) is 6.47. The van der Waals surface area contributed by atoms with E-state index in [0.29, 0.717) is 19.4 Å². The number of halogens is 1. The minimum atomic E-state index is -0.0649. The minimum Gasteiger partial charge on any atom is -0.358 e. The van der Waals surface area contributed by atoms with Crippen molar-refractivity contribution in [1.82, 2.24) is 9.88 Å². The van der Waals surface area contributed by atoms with Gasteiger partial charge in [-0.3, -0.25) is 9.59 Å². The zero-order valence-corrected chi connectivity index (χ0v) is 13.3. The lowest BCUT2D eigenvalue weighted by atomic mass is 10.2. The number of nitrogens with two attached hydrogens (primary N) is 1. The highest BCUT2D eigenvalue weighted by Crippen LogP contribution is 2.20. The summed E-state index contributed by atoms with van der Waals surface area (Å²) < 4.78 is 1.85. The van der Waals surface area contributed by atoms with E-state index in [2.05, 4.69) is 10.6 Å². The summed E-state index contributed by atoms with van der Waals surface area (Å²) in [6.07, 6.45) is 2.94. The van der Waals surface area contributed by atoms with Crippen LogP contribution in [0.15, 0.2) is 30.5 Å². The molecule has 0 fully saturated rings. The third-order valence-electron chi connectivity index (χ3n) is 3.26. The van der Waals surface area contributed by atoms with Crippen LogP contribution < -0.4 is 16.4 Å². The second-order valence-electron chi connectivity index (χ2n) is 4.83. The first-order chi connectivity index (χ1) is 10.1. The lowest BCUT2D eigenvalue weighted by Crippen LogP contribution is -2.23. The van der Waals surface area contributed by atoms with Crippen LogP contribution >= 0.6 is 12.4 Å². The zero-order chi connectivity index (χ0) is 15.2. The van der Waals surface area contributed by atoms with E-state index >= 15 is 0 Å². The number of carbonyl (C=O) groups is 2. The molecular weight excluding hydrogens is 304 g/mol. The molecule has 2 rings (SSSR count). The van der Waals surface area contributed by atoms with Crippen LogP contribution in [0, 0.1) is 0 Å². The van der Waals surface area contributed by atoms with E-state index in [-0.39, 0.29) is 30.8 Å². The highest BCUT2D eigenvalue weighted by Gasteiger charge is 2.07. The number of fused-ring (bicyclic) bond motifs is 1. The zero-order valence-electron chi connectivity index (χ0n) is 12.5. The number of amides is 2. The van der Waals surface area contributed by atoms with Crippen molar-refractivity contribution >= 4 is 40.8 Å². The number of likely N-dealkylation sites (N-methyl/N-ethyl adjacent to an activating group) is 1. The summed E-state index contributed by atoms with van der Waals surface area (Å²) in [7, 11) is 1.61. The van der Waals surface area contributed by atoms with Gasteiger partial charge in [0.25, 0.3) is 0 Å². The summed E-state index contributed by atoms with van der Waals surface area (Å²) in [6.45, 7) is 0.756. The third kappa shape index (κ3) is 4.47. The lowest BCUT2D eigenvalue weighted by molar-refractivity contribution is -0.121. The quantitative estimate of drug-likeness (QED) is 0.752. The van der Waals surface area contributed by atoms with Crippen molar-refractivity contribution in [3.8, 4) is 0 Å². The molecule has 0 aliphatic heterocycles. The SMILES string of the molecule is CNC(=O)Cn1ccc2ccc(NC(=O)CCCN)cc21.Cl. The monoisotopic (exact) mass is 324 g/mol. The lowest BCUT2D eigenvalue weighted by Gasteiger charge is -2.08. The third-order valence-corrected chi connectivity index (χ3v) is 3.26. The molecule has 1 aromatic carbocycles. The topological polar surface area (TPSA) is 89.2 Å². The second kappa shape index (κ2) is 8.41. The first-order valence-corrected chi connectivity index (χ1v) is 6.93. The number of aromatic nitrogens is 1. The maximum Gasteiger partial charge on any atom is 0.239 e. The maximum absolute atomic E-state index is 11.7. The number of rotatable bonds is 6. The first-order valence-electron chi connectivity index (χ1n) is 6.93. The Hall–Kier alpha value is -2.05. The van der Waals surface area contributed by atoms with Crippen molar-refractivity contribution in [2.24, 2.45) is 5.73 Å². The van der Waals surface area contributed by atoms with Crippen LogP contribution in [0.4, 0.5) is 5.69 Å². The summed E-state index contributed by atoms with van der Waals surface area (Å²) in [5.74, 6) is -0.117. The Bertz CT molecular complexity index is 654. The molecule has 0 saturated carbocycles. The van der Waals surface area contributed by atoms with Gasteiger partial charge in [-0.15, -0.1) is 12.4 Å². The largest absolute Gasteiger partial charge is 0.358 e. The molecular formula is C15H21ClN4O2. The summed E-state index contributed by atoms with van der Waals surface area (Å²) in [5.41, 5.74) is 7.02. The van der Waals surface area contributed by atoms with Crippen LogP contribution in [0.2, 0.25) is 0 Å². The highest BCUT2D eigenvalue weighted by atomic mass is 35.5. The molecule has 2 aromatic rings. The predicted molar refractivity (Wildman–Crippen MR) is 90.2 cm³/mol. The molecule has 0 unspecified atom stereocenters. The number of benzene rings is 1. The average molecular weight is 325 g/mol. The van der Waals surface area contributed by atoms with Crippen molar-refractivity contribution in [2.45, 2.75) is 19.4 Å². The molecule has 22 heavy (non-hydrogen) atoms. The molecule has 120 valence electrons. The van der Waals surface area contributed by atoms with Gasteiger partial charge in [-0.05, 0) is 36.6 Å². The van der Waals surface area contributed by atoms with E-state index in [1.807, 2.05) is 35.0 Å². The Morgan fingerprint density at radius 3 is 2.68 bits per heavy atom. The Morgan fingerprint density at radius 2 is 2.00 bits per heavy atom. The van der Waals surface area contributed by atoms with E-state index in [9.17, 15) is 9.59 Å². The number of nitrogens with one attached hydrogen (secondary N) is 2. The van der Waals surface area contributed by atoms with Crippen LogP contribution in [0.5, 0.6) is 0 Å². The van der Waals surface area contributed by atoms with Crippen LogP contribution in [-0.4, -0.2) is 30.0 Å².